The number of para-hydroxylation sites is 1. The molecule has 1 aromatic rings. The molecule has 0 aliphatic rings. The SMILES string of the molecule is CCOc1ccccc1/C=N/NC(=O)CC(=O)NCCCOC. The third-order valence-corrected chi connectivity index (χ3v) is 2.78. The molecule has 0 saturated heterocycles. The van der Waals surface area contributed by atoms with Crippen LogP contribution in [-0.2, 0) is 14.3 Å². The van der Waals surface area contributed by atoms with Gasteiger partial charge in [0.15, 0.2) is 0 Å². The average molecular weight is 321 g/mol. The normalized spacial score (nSPS) is 10.5. The van der Waals surface area contributed by atoms with Crippen LogP contribution in [0.1, 0.15) is 25.3 Å². The highest BCUT2D eigenvalue weighted by Gasteiger charge is 2.07. The van der Waals surface area contributed by atoms with Gasteiger partial charge in [0.05, 0.1) is 12.8 Å². The Kier molecular flexibility index (Phi) is 9.07. The highest BCUT2D eigenvalue weighted by molar-refractivity contribution is 5.97. The van der Waals surface area contributed by atoms with E-state index in [0.29, 0.717) is 31.9 Å². The fourth-order valence-electron chi connectivity index (χ4n) is 1.74. The summed E-state index contributed by atoms with van der Waals surface area (Å²) in [7, 11) is 1.59. The van der Waals surface area contributed by atoms with Crippen molar-refractivity contribution in [2.75, 3.05) is 26.9 Å². The van der Waals surface area contributed by atoms with E-state index < -0.39 is 5.91 Å². The van der Waals surface area contributed by atoms with E-state index >= 15 is 0 Å². The summed E-state index contributed by atoms with van der Waals surface area (Å²) in [5, 5.41) is 6.47. The Morgan fingerprint density at radius 2 is 2.04 bits per heavy atom. The number of hydrogen-bond acceptors (Lipinski definition) is 5. The number of nitrogens with zero attached hydrogens (tertiary/aromatic N) is 1. The molecule has 2 amide bonds. The minimum atomic E-state index is -0.473. The number of nitrogens with one attached hydrogen (secondary N) is 2. The zero-order chi connectivity index (χ0) is 16.9. The van der Waals surface area contributed by atoms with Crippen molar-refractivity contribution in [2.24, 2.45) is 5.10 Å². The Bertz CT molecular complexity index is 532. The maximum Gasteiger partial charge on any atom is 0.249 e. The van der Waals surface area contributed by atoms with E-state index in [1.54, 1.807) is 7.11 Å². The third kappa shape index (κ3) is 7.96. The van der Waals surface area contributed by atoms with Crippen molar-refractivity contribution in [1.29, 1.82) is 0 Å². The maximum atomic E-state index is 11.6. The van der Waals surface area contributed by atoms with Gasteiger partial charge in [0.1, 0.15) is 12.2 Å². The molecule has 0 atom stereocenters. The van der Waals surface area contributed by atoms with Crippen molar-refractivity contribution in [3.63, 3.8) is 0 Å². The van der Waals surface area contributed by atoms with Gasteiger partial charge in [0, 0.05) is 25.8 Å². The number of hydrazone groups is 1. The molecule has 7 heteroatoms. The van der Waals surface area contributed by atoms with E-state index in [1.807, 2.05) is 31.2 Å². The summed E-state index contributed by atoms with van der Waals surface area (Å²) in [4.78, 5) is 23.1. The van der Waals surface area contributed by atoms with Crippen molar-refractivity contribution < 1.29 is 19.1 Å². The van der Waals surface area contributed by atoms with Crippen LogP contribution in [0.15, 0.2) is 29.4 Å². The van der Waals surface area contributed by atoms with Crippen molar-refractivity contribution in [1.82, 2.24) is 10.7 Å². The number of ether oxygens (including phenoxy) is 2. The topological polar surface area (TPSA) is 89.0 Å². The molecule has 126 valence electrons. The quantitative estimate of drug-likeness (QED) is 0.292. The summed E-state index contributed by atoms with van der Waals surface area (Å²) in [6, 6.07) is 7.34. The van der Waals surface area contributed by atoms with Gasteiger partial charge in [-0.25, -0.2) is 5.43 Å². The average Bonchev–Trinajstić information content (AvgIpc) is 2.53. The molecule has 7 nitrogen and oxygen atoms in total. The lowest BCUT2D eigenvalue weighted by Crippen LogP contribution is -2.30. The van der Waals surface area contributed by atoms with E-state index in [4.69, 9.17) is 9.47 Å². The second kappa shape index (κ2) is 11.2. The first-order valence-corrected chi connectivity index (χ1v) is 7.46. The Morgan fingerprint density at radius 3 is 2.78 bits per heavy atom. The van der Waals surface area contributed by atoms with Gasteiger partial charge in [-0.05, 0) is 25.5 Å². The molecule has 0 spiro atoms. The molecule has 1 rings (SSSR count). The lowest BCUT2D eigenvalue weighted by atomic mass is 10.2. The summed E-state index contributed by atoms with van der Waals surface area (Å²) in [5.74, 6) is -0.133. The molecular weight excluding hydrogens is 298 g/mol. The molecule has 2 N–H and O–H groups in total. The molecule has 0 aliphatic carbocycles. The fourth-order valence-corrected chi connectivity index (χ4v) is 1.74. The molecule has 0 radical (unpaired) electrons. The van der Waals surface area contributed by atoms with Gasteiger partial charge in [-0.15, -0.1) is 0 Å². The number of amides is 2. The second-order valence-corrected chi connectivity index (χ2v) is 4.64. The van der Waals surface area contributed by atoms with E-state index in [0.717, 1.165) is 5.56 Å². The minimum absolute atomic E-state index is 0.266. The van der Waals surface area contributed by atoms with E-state index in [9.17, 15) is 9.59 Å². The summed E-state index contributed by atoms with van der Waals surface area (Å²) < 4.78 is 10.3. The van der Waals surface area contributed by atoms with Crippen LogP contribution in [0.25, 0.3) is 0 Å². The zero-order valence-corrected chi connectivity index (χ0v) is 13.5. The van der Waals surface area contributed by atoms with Crippen LogP contribution < -0.4 is 15.5 Å². The van der Waals surface area contributed by atoms with Crippen molar-refractivity contribution in [2.45, 2.75) is 19.8 Å². The molecular formula is C16H23N3O4. The van der Waals surface area contributed by atoms with Crippen molar-refractivity contribution in [3.8, 4) is 5.75 Å². The van der Waals surface area contributed by atoms with Crippen LogP contribution in [0.4, 0.5) is 0 Å². The molecule has 23 heavy (non-hydrogen) atoms. The first kappa shape index (κ1) is 18.6. The van der Waals surface area contributed by atoms with Crippen LogP contribution in [-0.4, -0.2) is 44.9 Å². The monoisotopic (exact) mass is 321 g/mol. The fraction of sp³-hybridized carbons (Fsp3) is 0.438. The molecule has 0 aromatic heterocycles. The van der Waals surface area contributed by atoms with Crippen LogP contribution >= 0.6 is 0 Å². The summed E-state index contributed by atoms with van der Waals surface area (Å²) >= 11 is 0. The molecule has 0 saturated carbocycles. The van der Waals surface area contributed by atoms with Crippen molar-refractivity contribution in [3.05, 3.63) is 29.8 Å². The van der Waals surface area contributed by atoms with Gasteiger partial charge in [0.25, 0.3) is 0 Å². The van der Waals surface area contributed by atoms with Gasteiger partial charge in [-0.2, -0.15) is 5.10 Å². The number of carbonyl (C=O) groups excluding carboxylic acids is 2. The van der Waals surface area contributed by atoms with Crippen LogP contribution in [0.5, 0.6) is 5.75 Å². The first-order chi connectivity index (χ1) is 11.2. The molecule has 0 unspecified atom stereocenters. The number of benzene rings is 1. The minimum Gasteiger partial charge on any atom is -0.493 e. The molecule has 1 aromatic carbocycles. The molecule has 0 bridgehead atoms. The highest BCUT2D eigenvalue weighted by atomic mass is 16.5. The predicted molar refractivity (Wildman–Crippen MR) is 87.5 cm³/mol. The second-order valence-electron chi connectivity index (χ2n) is 4.64. The zero-order valence-electron chi connectivity index (χ0n) is 13.5. The Hall–Kier alpha value is -2.41. The van der Waals surface area contributed by atoms with E-state index in [1.165, 1.54) is 6.21 Å². The van der Waals surface area contributed by atoms with Crippen LogP contribution in [0, 0.1) is 0 Å². The van der Waals surface area contributed by atoms with Gasteiger partial charge >= 0.3 is 0 Å². The van der Waals surface area contributed by atoms with Crippen molar-refractivity contribution >= 4 is 18.0 Å². The van der Waals surface area contributed by atoms with Gasteiger partial charge < -0.3 is 14.8 Å². The lowest BCUT2D eigenvalue weighted by molar-refractivity contribution is -0.129. The summed E-state index contributed by atoms with van der Waals surface area (Å²) in [5.41, 5.74) is 3.07. The molecule has 0 aliphatic heterocycles. The molecule has 0 fully saturated rings. The number of rotatable bonds is 10. The molecule has 0 heterocycles. The summed E-state index contributed by atoms with van der Waals surface area (Å²) in [6.07, 6.45) is 1.92. The van der Waals surface area contributed by atoms with Crippen LogP contribution in [0.2, 0.25) is 0 Å². The Balaban J connectivity index is 2.36. The van der Waals surface area contributed by atoms with E-state index in [2.05, 4.69) is 15.8 Å². The standard InChI is InChI=1S/C16H23N3O4/c1-3-23-14-8-5-4-7-13(14)12-18-19-16(21)11-15(20)17-9-6-10-22-2/h4-5,7-8,12H,3,6,9-11H2,1-2H3,(H,17,20)(H,19,21)/b18-12+. The number of carbonyl (C=O) groups is 2. The Labute approximate surface area is 136 Å². The third-order valence-electron chi connectivity index (χ3n) is 2.78. The predicted octanol–water partition coefficient (Wildman–Crippen LogP) is 1.08. The Morgan fingerprint density at radius 1 is 1.26 bits per heavy atom. The number of methoxy groups -OCH3 is 1. The van der Waals surface area contributed by atoms with Gasteiger partial charge in [-0.3, -0.25) is 9.59 Å². The van der Waals surface area contributed by atoms with Gasteiger partial charge in [0.2, 0.25) is 11.8 Å². The maximum absolute atomic E-state index is 11.6. The first-order valence-electron chi connectivity index (χ1n) is 7.46. The number of hydrogen-bond donors (Lipinski definition) is 2. The highest BCUT2D eigenvalue weighted by Crippen LogP contribution is 2.15. The smallest absolute Gasteiger partial charge is 0.249 e. The van der Waals surface area contributed by atoms with Gasteiger partial charge in [-0.1, -0.05) is 12.1 Å². The summed E-state index contributed by atoms with van der Waals surface area (Å²) in [6.45, 7) is 3.47. The largest absolute Gasteiger partial charge is 0.493 e. The van der Waals surface area contributed by atoms with E-state index in [-0.39, 0.29) is 12.3 Å². The lowest BCUT2D eigenvalue weighted by Gasteiger charge is -2.06. The van der Waals surface area contributed by atoms with Crippen LogP contribution in [0.3, 0.4) is 0 Å².